The fraction of sp³-hybridized carbons (Fsp3) is 0.769. The van der Waals surface area contributed by atoms with E-state index in [4.69, 9.17) is 9.47 Å². The molecule has 1 aromatic carbocycles. The Bertz CT molecular complexity index is 693. The fourth-order valence-electron chi connectivity index (χ4n) is 6.10. The minimum atomic E-state index is -0.342. The Morgan fingerprint density at radius 2 is 1.00 bits per heavy atom. The van der Waals surface area contributed by atoms with Crippen molar-refractivity contribution in [2.45, 2.75) is 129 Å². The van der Waals surface area contributed by atoms with E-state index < -0.39 is 0 Å². The van der Waals surface area contributed by atoms with Crippen LogP contribution in [0.1, 0.15) is 92.2 Å². The van der Waals surface area contributed by atoms with E-state index in [9.17, 15) is 10.4 Å². The zero-order chi connectivity index (χ0) is 23.9. The summed E-state index contributed by atoms with van der Waals surface area (Å²) in [7, 11) is 0. The van der Waals surface area contributed by atoms with Gasteiger partial charge in [0.05, 0.1) is 47.6 Å². The summed E-state index contributed by atoms with van der Waals surface area (Å²) in [6, 6.07) is 8.36. The molecule has 2 N–H and O–H groups in total. The van der Waals surface area contributed by atoms with Gasteiger partial charge in [-0.1, -0.05) is 24.3 Å². The van der Waals surface area contributed by atoms with Gasteiger partial charge in [-0.25, -0.2) is 0 Å². The molecule has 1 aromatic rings. The van der Waals surface area contributed by atoms with E-state index in [0.29, 0.717) is 23.3 Å². The SMILES string of the molecule is CC1(C)CC(OCc2cccc(COC3CC(C)(C)[NH+]([O-])C(C)(C)C3)c2)CC(C)(C)[NH+]1[O-]. The first kappa shape index (κ1) is 25.6. The van der Waals surface area contributed by atoms with Crippen LogP contribution in [0.2, 0.25) is 0 Å². The smallest absolute Gasteiger partial charge is 0.0946 e. The molecule has 0 radical (unpaired) electrons. The van der Waals surface area contributed by atoms with Crippen LogP contribution in [-0.4, -0.2) is 34.4 Å². The molecule has 32 heavy (non-hydrogen) atoms. The molecular formula is C26H44N2O4. The minimum absolute atomic E-state index is 0.0850. The minimum Gasteiger partial charge on any atom is -0.634 e. The molecule has 0 aliphatic carbocycles. The van der Waals surface area contributed by atoms with Gasteiger partial charge in [0.1, 0.15) is 0 Å². The average molecular weight is 449 g/mol. The summed E-state index contributed by atoms with van der Waals surface area (Å²) in [6.45, 7) is 17.3. The molecule has 2 fully saturated rings. The molecule has 0 amide bonds. The van der Waals surface area contributed by atoms with Gasteiger partial charge in [-0.05, 0) is 66.5 Å². The molecule has 182 valence electrons. The Balaban J connectivity index is 1.56. The lowest BCUT2D eigenvalue weighted by molar-refractivity contribution is -0.956. The maximum absolute atomic E-state index is 12.6. The lowest BCUT2D eigenvalue weighted by Crippen LogP contribution is -3.23. The van der Waals surface area contributed by atoms with Crippen molar-refractivity contribution in [2.24, 2.45) is 0 Å². The highest BCUT2D eigenvalue weighted by Gasteiger charge is 2.46. The molecule has 6 nitrogen and oxygen atoms in total. The number of piperidine rings is 2. The fourth-order valence-corrected chi connectivity index (χ4v) is 6.10. The van der Waals surface area contributed by atoms with E-state index >= 15 is 0 Å². The second kappa shape index (κ2) is 8.97. The zero-order valence-corrected chi connectivity index (χ0v) is 21.3. The number of ether oxygens (including phenoxy) is 2. The number of hydroxylamine groups is 4. The maximum atomic E-state index is 12.6. The van der Waals surface area contributed by atoms with E-state index in [1.54, 1.807) is 0 Å². The monoisotopic (exact) mass is 448 g/mol. The maximum Gasteiger partial charge on any atom is 0.0946 e. The predicted molar refractivity (Wildman–Crippen MR) is 127 cm³/mol. The van der Waals surface area contributed by atoms with Crippen LogP contribution in [0.3, 0.4) is 0 Å². The van der Waals surface area contributed by atoms with E-state index in [-0.39, 0.29) is 34.4 Å². The number of hydrogen-bond donors (Lipinski definition) is 2. The van der Waals surface area contributed by atoms with Gasteiger partial charge in [0.2, 0.25) is 0 Å². The summed E-state index contributed by atoms with van der Waals surface area (Å²) >= 11 is 0. The van der Waals surface area contributed by atoms with Crippen LogP contribution in [0, 0.1) is 10.4 Å². The summed E-state index contributed by atoms with van der Waals surface area (Å²) in [5.41, 5.74) is 0.878. The Labute approximate surface area is 194 Å². The van der Waals surface area contributed by atoms with Crippen LogP contribution in [0.4, 0.5) is 0 Å². The molecular weight excluding hydrogens is 404 g/mol. The first-order chi connectivity index (χ1) is 14.6. The van der Waals surface area contributed by atoms with Crippen LogP contribution < -0.4 is 10.1 Å². The Hall–Kier alpha value is -1.02. The van der Waals surface area contributed by atoms with Crippen LogP contribution in [0.5, 0.6) is 0 Å². The standard InChI is InChI=1S/C26H44N2O4/c1-23(2)13-21(14-24(3,4)27(23)29)31-17-19-10-9-11-20(12-19)18-32-22-15-25(5,6)28(30)26(7,8)16-22/h9-12,21-22,27-28H,13-18H2,1-8H3. The van der Waals surface area contributed by atoms with Gasteiger partial charge in [0.15, 0.2) is 0 Å². The zero-order valence-electron chi connectivity index (χ0n) is 21.3. The summed E-state index contributed by atoms with van der Waals surface area (Å²) in [5.74, 6) is 0. The molecule has 2 aliphatic heterocycles. The third-order valence-corrected chi connectivity index (χ3v) is 7.37. The molecule has 3 rings (SSSR count). The second-order valence-electron chi connectivity index (χ2n) is 12.7. The normalized spacial score (nSPS) is 33.1. The summed E-state index contributed by atoms with van der Waals surface area (Å²) in [5, 5.41) is 26.0. The third-order valence-electron chi connectivity index (χ3n) is 7.37. The summed E-state index contributed by atoms with van der Waals surface area (Å²) in [6.07, 6.45) is 3.24. The summed E-state index contributed by atoms with van der Waals surface area (Å²) < 4.78 is 12.5. The highest BCUT2D eigenvalue weighted by molar-refractivity contribution is 5.22. The first-order valence-electron chi connectivity index (χ1n) is 12.0. The molecule has 6 heteroatoms. The van der Waals surface area contributed by atoms with Crippen LogP contribution in [0.15, 0.2) is 24.3 Å². The van der Waals surface area contributed by atoms with Crippen molar-refractivity contribution in [1.29, 1.82) is 0 Å². The summed E-state index contributed by atoms with van der Waals surface area (Å²) in [4.78, 5) is 0. The first-order valence-corrected chi connectivity index (χ1v) is 12.0. The highest BCUT2D eigenvalue weighted by atomic mass is 16.5. The van der Waals surface area contributed by atoms with Crippen molar-refractivity contribution >= 4 is 0 Å². The predicted octanol–water partition coefficient (Wildman–Crippen LogP) is 2.92. The topological polar surface area (TPSA) is 73.5 Å². The highest BCUT2D eigenvalue weighted by Crippen LogP contribution is 2.28. The molecule has 2 aliphatic rings. The van der Waals surface area contributed by atoms with Gasteiger partial charge in [-0.3, -0.25) is 0 Å². The Kier molecular flexibility index (Phi) is 7.18. The number of quaternary nitrogens is 2. The number of hydrogen-bond acceptors (Lipinski definition) is 4. The molecule has 0 saturated carbocycles. The van der Waals surface area contributed by atoms with Crippen molar-refractivity contribution in [3.63, 3.8) is 0 Å². The van der Waals surface area contributed by atoms with Crippen molar-refractivity contribution in [2.75, 3.05) is 0 Å². The quantitative estimate of drug-likeness (QED) is 0.657. The van der Waals surface area contributed by atoms with Gasteiger partial charge in [-0.15, -0.1) is 0 Å². The van der Waals surface area contributed by atoms with E-state index in [0.717, 1.165) is 36.8 Å². The molecule has 2 heterocycles. The Morgan fingerprint density at radius 1 is 0.688 bits per heavy atom. The number of rotatable bonds is 6. The molecule has 0 unspecified atom stereocenters. The number of nitrogens with one attached hydrogen (secondary N) is 2. The van der Waals surface area contributed by atoms with Crippen molar-refractivity contribution in [3.8, 4) is 0 Å². The van der Waals surface area contributed by atoms with Gasteiger partial charge < -0.3 is 30.0 Å². The van der Waals surface area contributed by atoms with Crippen molar-refractivity contribution in [1.82, 2.24) is 0 Å². The van der Waals surface area contributed by atoms with E-state index in [1.807, 2.05) is 61.5 Å². The molecule has 2 saturated heterocycles. The lowest BCUT2D eigenvalue weighted by atomic mass is 9.80. The number of benzene rings is 1. The van der Waals surface area contributed by atoms with Crippen LogP contribution in [0.25, 0.3) is 0 Å². The molecule has 0 atom stereocenters. The van der Waals surface area contributed by atoms with Crippen molar-refractivity contribution in [3.05, 3.63) is 45.8 Å². The van der Waals surface area contributed by atoms with E-state index in [1.165, 1.54) is 0 Å². The van der Waals surface area contributed by atoms with Crippen molar-refractivity contribution < 1.29 is 19.6 Å². The van der Waals surface area contributed by atoms with Gasteiger partial charge in [0.25, 0.3) is 0 Å². The van der Waals surface area contributed by atoms with Crippen LogP contribution >= 0.6 is 0 Å². The largest absolute Gasteiger partial charge is 0.634 e. The molecule has 0 spiro atoms. The average Bonchev–Trinajstić information content (AvgIpc) is 2.66. The lowest BCUT2D eigenvalue weighted by Gasteiger charge is -2.54. The third kappa shape index (κ3) is 5.72. The van der Waals surface area contributed by atoms with E-state index in [2.05, 4.69) is 18.2 Å². The molecule has 0 aromatic heterocycles. The van der Waals surface area contributed by atoms with Crippen LogP contribution in [-0.2, 0) is 22.7 Å². The van der Waals surface area contributed by atoms with Gasteiger partial charge in [-0.2, -0.15) is 0 Å². The van der Waals surface area contributed by atoms with Gasteiger partial charge >= 0.3 is 0 Å². The Morgan fingerprint density at radius 3 is 1.31 bits per heavy atom. The molecule has 0 bridgehead atoms. The second-order valence-corrected chi connectivity index (χ2v) is 12.7. The van der Waals surface area contributed by atoms with Gasteiger partial charge in [0, 0.05) is 25.7 Å².